The second-order valence-corrected chi connectivity index (χ2v) is 5.58. The molecule has 3 rings (SSSR count). The highest BCUT2D eigenvalue weighted by Gasteiger charge is 2.10. The normalized spacial score (nSPS) is 10.5. The number of amides is 1. The van der Waals surface area contributed by atoms with E-state index < -0.39 is 0 Å². The standard InChI is InChI=1S/C17H12Cl2N2O2/c18-12-7-8-15(17-11(12)4-3-9-20-17)23-10-16(22)21-14-6-2-1-5-13(14)19/h1-9H,10H2,(H,21,22). The monoisotopic (exact) mass is 346 g/mol. The van der Waals surface area contributed by atoms with Gasteiger partial charge in [0.2, 0.25) is 0 Å². The average Bonchev–Trinajstić information content (AvgIpc) is 2.57. The summed E-state index contributed by atoms with van der Waals surface area (Å²) in [5.74, 6) is 0.191. The molecule has 0 aliphatic carbocycles. The molecule has 4 nitrogen and oxygen atoms in total. The lowest BCUT2D eigenvalue weighted by atomic mass is 10.2. The molecular formula is C17H12Cl2N2O2. The van der Waals surface area contributed by atoms with Crippen LogP contribution >= 0.6 is 23.2 Å². The number of fused-ring (bicyclic) bond motifs is 1. The number of aromatic nitrogens is 1. The van der Waals surface area contributed by atoms with Crippen LogP contribution in [0.1, 0.15) is 0 Å². The van der Waals surface area contributed by atoms with Gasteiger partial charge >= 0.3 is 0 Å². The molecule has 1 N–H and O–H groups in total. The van der Waals surface area contributed by atoms with E-state index in [1.54, 1.807) is 48.7 Å². The van der Waals surface area contributed by atoms with Crippen LogP contribution in [-0.4, -0.2) is 17.5 Å². The Hall–Kier alpha value is -2.30. The number of hydrogen-bond donors (Lipinski definition) is 1. The summed E-state index contributed by atoms with van der Waals surface area (Å²) >= 11 is 12.1. The van der Waals surface area contributed by atoms with Crippen molar-refractivity contribution >= 4 is 45.7 Å². The first kappa shape index (κ1) is 15.6. The van der Waals surface area contributed by atoms with Crippen LogP contribution in [-0.2, 0) is 4.79 Å². The Kier molecular flexibility index (Phi) is 4.65. The van der Waals surface area contributed by atoms with Crippen LogP contribution in [0.2, 0.25) is 10.0 Å². The zero-order valence-corrected chi connectivity index (χ0v) is 13.4. The van der Waals surface area contributed by atoms with Crippen molar-refractivity contribution in [3.8, 4) is 5.75 Å². The fourth-order valence-electron chi connectivity index (χ4n) is 2.12. The quantitative estimate of drug-likeness (QED) is 0.753. The Morgan fingerprint density at radius 3 is 2.70 bits per heavy atom. The number of rotatable bonds is 4. The molecule has 0 saturated carbocycles. The van der Waals surface area contributed by atoms with E-state index in [-0.39, 0.29) is 12.5 Å². The fraction of sp³-hybridized carbons (Fsp3) is 0.0588. The number of carbonyl (C=O) groups is 1. The van der Waals surface area contributed by atoms with E-state index in [1.807, 2.05) is 6.07 Å². The number of halogens is 2. The lowest BCUT2D eigenvalue weighted by Crippen LogP contribution is -2.20. The summed E-state index contributed by atoms with van der Waals surface area (Å²) in [6.45, 7) is -0.154. The van der Waals surface area contributed by atoms with E-state index in [0.717, 1.165) is 5.39 Å². The van der Waals surface area contributed by atoms with E-state index in [0.29, 0.717) is 27.0 Å². The highest BCUT2D eigenvalue weighted by atomic mass is 35.5. The van der Waals surface area contributed by atoms with Crippen LogP contribution in [0.5, 0.6) is 5.75 Å². The van der Waals surface area contributed by atoms with Gasteiger partial charge in [0.15, 0.2) is 6.61 Å². The third-order valence-corrected chi connectivity index (χ3v) is 3.85. The van der Waals surface area contributed by atoms with Gasteiger partial charge in [-0.05, 0) is 36.4 Å². The van der Waals surface area contributed by atoms with Crippen LogP contribution < -0.4 is 10.1 Å². The van der Waals surface area contributed by atoms with Gasteiger partial charge in [-0.25, -0.2) is 0 Å². The molecular weight excluding hydrogens is 335 g/mol. The third kappa shape index (κ3) is 3.55. The fourth-order valence-corrected chi connectivity index (χ4v) is 2.52. The van der Waals surface area contributed by atoms with Crippen LogP contribution in [0, 0.1) is 0 Å². The number of benzene rings is 2. The minimum atomic E-state index is -0.308. The van der Waals surface area contributed by atoms with Gasteiger partial charge in [-0.15, -0.1) is 0 Å². The Bertz CT molecular complexity index is 868. The summed E-state index contributed by atoms with van der Waals surface area (Å²) in [6.07, 6.45) is 1.65. The molecule has 6 heteroatoms. The first-order valence-corrected chi connectivity index (χ1v) is 7.61. The number of carbonyl (C=O) groups excluding carboxylic acids is 1. The number of hydrogen-bond acceptors (Lipinski definition) is 3. The van der Waals surface area contributed by atoms with Crippen molar-refractivity contribution < 1.29 is 9.53 Å². The highest BCUT2D eigenvalue weighted by Crippen LogP contribution is 2.29. The SMILES string of the molecule is O=C(COc1ccc(Cl)c2cccnc12)Nc1ccccc1Cl. The van der Waals surface area contributed by atoms with Crippen LogP contribution in [0.15, 0.2) is 54.7 Å². The average molecular weight is 347 g/mol. The number of anilines is 1. The van der Waals surface area contributed by atoms with Crippen molar-refractivity contribution in [3.63, 3.8) is 0 Å². The lowest BCUT2D eigenvalue weighted by Gasteiger charge is -2.10. The van der Waals surface area contributed by atoms with Gasteiger partial charge in [-0.2, -0.15) is 0 Å². The molecule has 2 aromatic carbocycles. The molecule has 0 saturated heterocycles. The Morgan fingerprint density at radius 2 is 1.87 bits per heavy atom. The summed E-state index contributed by atoms with van der Waals surface area (Å²) in [4.78, 5) is 16.3. The van der Waals surface area contributed by atoms with E-state index in [2.05, 4.69) is 10.3 Å². The molecule has 116 valence electrons. The van der Waals surface area contributed by atoms with E-state index in [1.165, 1.54) is 0 Å². The van der Waals surface area contributed by atoms with Gasteiger partial charge in [0, 0.05) is 11.6 Å². The molecule has 0 fully saturated rings. The molecule has 0 unspecified atom stereocenters. The van der Waals surface area contributed by atoms with E-state index >= 15 is 0 Å². The number of nitrogens with zero attached hydrogens (tertiary/aromatic N) is 1. The number of para-hydroxylation sites is 1. The Labute approximate surface area is 143 Å². The summed E-state index contributed by atoms with van der Waals surface area (Å²) in [7, 11) is 0. The molecule has 23 heavy (non-hydrogen) atoms. The van der Waals surface area contributed by atoms with Crippen LogP contribution in [0.4, 0.5) is 5.69 Å². The lowest BCUT2D eigenvalue weighted by molar-refractivity contribution is -0.118. The molecule has 0 radical (unpaired) electrons. The van der Waals surface area contributed by atoms with Crippen molar-refractivity contribution in [1.29, 1.82) is 0 Å². The van der Waals surface area contributed by atoms with Gasteiger partial charge in [0.25, 0.3) is 5.91 Å². The zero-order chi connectivity index (χ0) is 16.2. The van der Waals surface area contributed by atoms with Gasteiger partial charge in [0.05, 0.1) is 15.7 Å². The van der Waals surface area contributed by atoms with Crippen molar-refractivity contribution in [3.05, 3.63) is 64.8 Å². The molecule has 1 aromatic heterocycles. The number of nitrogens with one attached hydrogen (secondary N) is 1. The molecule has 0 spiro atoms. The maximum atomic E-state index is 12.0. The van der Waals surface area contributed by atoms with Crippen LogP contribution in [0.25, 0.3) is 10.9 Å². The number of pyridine rings is 1. The van der Waals surface area contributed by atoms with Crippen molar-refractivity contribution in [2.45, 2.75) is 0 Å². The summed E-state index contributed by atoms with van der Waals surface area (Å²) in [5, 5.41) is 4.53. The second kappa shape index (κ2) is 6.86. The molecule has 0 aliphatic rings. The van der Waals surface area contributed by atoms with E-state index in [4.69, 9.17) is 27.9 Å². The molecule has 3 aromatic rings. The first-order chi connectivity index (χ1) is 11.1. The van der Waals surface area contributed by atoms with Gasteiger partial charge < -0.3 is 10.1 Å². The van der Waals surface area contributed by atoms with Crippen LogP contribution in [0.3, 0.4) is 0 Å². The Morgan fingerprint density at radius 1 is 1.04 bits per heavy atom. The van der Waals surface area contributed by atoms with E-state index in [9.17, 15) is 4.79 Å². The molecule has 1 amide bonds. The smallest absolute Gasteiger partial charge is 0.262 e. The summed E-state index contributed by atoms with van der Waals surface area (Å²) < 4.78 is 5.57. The van der Waals surface area contributed by atoms with Gasteiger partial charge in [-0.1, -0.05) is 35.3 Å². The second-order valence-electron chi connectivity index (χ2n) is 4.76. The number of ether oxygens (including phenoxy) is 1. The summed E-state index contributed by atoms with van der Waals surface area (Å²) in [6, 6.07) is 14.1. The molecule has 0 aliphatic heterocycles. The van der Waals surface area contributed by atoms with Crippen molar-refractivity contribution in [1.82, 2.24) is 4.98 Å². The van der Waals surface area contributed by atoms with Crippen molar-refractivity contribution in [2.75, 3.05) is 11.9 Å². The minimum absolute atomic E-state index is 0.154. The van der Waals surface area contributed by atoms with Crippen molar-refractivity contribution in [2.24, 2.45) is 0 Å². The zero-order valence-electron chi connectivity index (χ0n) is 11.9. The maximum Gasteiger partial charge on any atom is 0.262 e. The Balaban J connectivity index is 1.73. The predicted molar refractivity (Wildman–Crippen MR) is 92.3 cm³/mol. The summed E-state index contributed by atoms with van der Waals surface area (Å²) in [5.41, 5.74) is 1.16. The topological polar surface area (TPSA) is 51.2 Å². The largest absolute Gasteiger partial charge is 0.481 e. The minimum Gasteiger partial charge on any atom is -0.481 e. The van der Waals surface area contributed by atoms with Gasteiger partial charge in [-0.3, -0.25) is 9.78 Å². The predicted octanol–water partition coefficient (Wildman–Crippen LogP) is 4.56. The maximum absolute atomic E-state index is 12.0. The highest BCUT2D eigenvalue weighted by molar-refractivity contribution is 6.35. The van der Waals surface area contributed by atoms with Gasteiger partial charge in [0.1, 0.15) is 11.3 Å². The third-order valence-electron chi connectivity index (χ3n) is 3.19. The molecule has 0 atom stereocenters. The molecule has 1 heterocycles. The molecule has 0 bridgehead atoms. The first-order valence-electron chi connectivity index (χ1n) is 6.85.